The highest BCUT2D eigenvalue weighted by Crippen LogP contribution is 2.14. The van der Waals surface area contributed by atoms with E-state index >= 15 is 0 Å². The molecule has 2 amide bonds. The number of rotatable bonds is 5. The Bertz CT molecular complexity index is 310. The van der Waals surface area contributed by atoms with Crippen molar-refractivity contribution in [2.45, 2.75) is 31.8 Å². The molecule has 1 unspecified atom stereocenters. The molecule has 2 aliphatic rings. The smallest absolute Gasteiger partial charge is 0.239 e. The topological polar surface area (TPSA) is 76.7 Å². The monoisotopic (exact) mass is 270 g/mol. The first kappa shape index (κ1) is 14.3. The lowest BCUT2D eigenvalue weighted by molar-refractivity contribution is -0.130. The van der Waals surface area contributed by atoms with E-state index in [9.17, 15) is 9.59 Å². The molecule has 2 N–H and O–H groups in total. The average molecular weight is 270 g/mol. The number of hydrogen-bond donors (Lipinski definition) is 2. The molecule has 0 aromatic rings. The number of carbonyl (C=O) groups excluding carboxylic acids is 2. The molecule has 0 radical (unpaired) electrons. The Balaban J connectivity index is 1.58. The molecular formula is C13H22N2O4. The number of amides is 2. The number of ether oxygens (including phenoxy) is 2. The van der Waals surface area contributed by atoms with Gasteiger partial charge in [-0.3, -0.25) is 9.59 Å². The summed E-state index contributed by atoms with van der Waals surface area (Å²) in [6.45, 7) is 2.61. The maximum absolute atomic E-state index is 11.8. The molecule has 0 spiro atoms. The minimum atomic E-state index is -0.157. The summed E-state index contributed by atoms with van der Waals surface area (Å²) in [7, 11) is 0. The maximum Gasteiger partial charge on any atom is 0.239 e. The van der Waals surface area contributed by atoms with E-state index < -0.39 is 0 Å². The predicted molar refractivity (Wildman–Crippen MR) is 68.5 cm³/mol. The summed E-state index contributed by atoms with van der Waals surface area (Å²) in [5.41, 5.74) is 0. The van der Waals surface area contributed by atoms with Gasteiger partial charge in [0.15, 0.2) is 0 Å². The molecule has 6 heteroatoms. The molecule has 2 saturated heterocycles. The second-order valence-corrected chi connectivity index (χ2v) is 5.04. The van der Waals surface area contributed by atoms with Gasteiger partial charge < -0.3 is 20.1 Å². The van der Waals surface area contributed by atoms with E-state index in [1.165, 1.54) is 0 Å². The van der Waals surface area contributed by atoms with Crippen LogP contribution < -0.4 is 10.6 Å². The van der Waals surface area contributed by atoms with Crippen molar-refractivity contribution in [2.75, 3.05) is 32.9 Å². The number of carbonyl (C=O) groups is 2. The van der Waals surface area contributed by atoms with Gasteiger partial charge in [0.2, 0.25) is 11.8 Å². The quantitative estimate of drug-likeness (QED) is 0.727. The van der Waals surface area contributed by atoms with E-state index in [1.54, 1.807) is 0 Å². The molecule has 0 aromatic carbocycles. The Labute approximate surface area is 113 Å². The zero-order valence-electron chi connectivity index (χ0n) is 11.2. The van der Waals surface area contributed by atoms with Crippen molar-refractivity contribution in [3.05, 3.63) is 0 Å². The van der Waals surface area contributed by atoms with Gasteiger partial charge in [-0.15, -0.1) is 0 Å². The summed E-state index contributed by atoms with van der Waals surface area (Å²) in [6.07, 6.45) is 3.66. The highest BCUT2D eigenvalue weighted by molar-refractivity contribution is 5.85. The summed E-state index contributed by atoms with van der Waals surface area (Å²) >= 11 is 0. The van der Waals surface area contributed by atoms with Gasteiger partial charge in [0.25, 0.3) is 0 Å². The van der Waals surface area contributed by atoms with Crippen molar-refractivity contribution in [1.82, 2.24) is 10.6 Å². The van der Waals surface area contributed by atoms with Gasteiger partial charge in [-0.1, -0.05) is 0 Å². The summed E-state index contributed by atoms with van der Waals surface area (Å²) in [5.74, 6) is -0.216. The zero-order valence-corrected chi connectivity index (χ0v) is 11.2. The molecule has 2 aliphatic heterocycles. The zero-order chi connectivity index (χ0) is 13.5. The molecule has 1 atom stereocenters. The Morgan fingerprint density at radius 1 is 1.05 bits per heavy atom. The summed E-state index contributed by atoms with van der Waals surface area (Å²) in [4.78, 5) is 23.4. The third-order valence-corrected chi connectivity index (χ3v) is 3.57. The van der Waals surface area contributed by atoms with Crippen LogP contribution in [0.25, 0.3) is 0 Å². The summed E-state index contributed by atoms with van der Waals surface area (Å²) < 4.78 is 10.6. The van der Waals surface area contributed by atoms with Crippen molar-refractivity contribution >= 4 is 11.8 Å². The first-order valence-corrected chi connectivity index (χ1v) is 6.99. The standard InChI is InChI=1S/C13H22N2O4/c16-12(14-8-11-2-1-5-19-11)9-15-13(17)10-3-6-18-7-4-10/h10-11H,1-9H2,(H,14,16)(H,15,17). The van der Waals surface area contributed by atoms with Gasteiger partial charge in [-0.25, -0.2) is 0 Å². The second kappa shape index (κ2) is 7.45. The van der Waals surface area contributed by atoms with E-state index in [0.717, 1.165) is 32.3 Å². The lowest BCUT2D eigenvalue weighted by Crippen LogP contribution is -2.42. The molecule has 19 heavy (non-hydrogen) atoms. The second-order valence-electron chi connectivity index (χ2n) is 5.04. The highest BCUT2D eigenvalue weighted by Gasteiger charge is 2.22. The Morgan fingerprint density at radius 2 is 1.84 bits per heavy atom. The van der Waals surface area contributed by atoms with E-state index in [2.05, 4.69) is 10.6 Å². The minimum Gasteiger partial charge on any atom is -0.381 e. The van der Waals surface area contributed by atoms with Crippen LogP contribution in [-0.2, 0) is 19.1 Å². The molecule has 6 nitrogen and oxygen atoms in total. The lowest BCUT2D eigenvalue weighted by atomic mass is 9.99. The summed E-state index contributed by atoms with van der Waals surface area (Å²) in [6, 6.07) is 0. The summed E-state index contributed by atoms with van der Waals surface area (Å²) in [5, 5.41) is 5.46. The number of hydrogen-bond acceptors (Lipinski definition) is 4. The van der Waals surface area contributed by atoms with Crippen LogP contribution in [-0.4, -0.2) is 50.8 Å². The van der Waals surface area contributed by atoms with Gasteiger partial charge in [0, 0.05) is 32.3 Å². The van der Waals surface area contributed by atoms with Gasteiger partial charge in [0.05, 0.1) is 12.6 Å². The third kappa shape index (κ3) is 4.80. The van der Waals surface area contributed by atoms with E-state index in [-0.39, 0.29) is 30.4 Å². The van der Waals surface area contributed by atoms with Crippen LogP contribution in [0.2, 0.25) is 0 Å². The Kier molecular flexibility index (Phi) is 5.60. The fourth-order valence-corrected chi connectivity index (χ4v) is 2.37. The first-order valence-electron chi connectivity index (χ1n) is 6.99. The van der Waals surface area contributed by atoms with Crippen LogP contribution in [0.15, 0.2) is 0 Å². The van der Waals surface area contributed by atoms with Crippen LogP contribution in [0, 0.1) is 5.92 Å². The Morgan fingerprint density at radius 3 is 2.53 bits per heavy atom. The Hall–Kier alpha value is -1.14. The largest absolute Gasteiger partial charge is 0.381 e. The average Bonchev–Trinajstić information content (AvgIpc) is 2.96. The molecular weight excluding hydrogens is 248 g/mol. The van der Waals surface area contributed by atoms with Gasteiger partial charge in [0.1, 0.15) is 0 Å². The van der Waals surface area contributed by atoms with Crippen molar-refractivity contribution < 1.29 is 19.1 Å². The fourth-order valence-electron chi connectivity index (χ4n) is 2.37. The fraction of sp³-hybridized carbons (Fsp3) is 0.846. The van der Waals surface area contributed by atoms with Gasteiger partial charge in [-0.05, 0) is 25.7 Å². The van der Waals surface area contributed by atoms with Crippen LogP contribution in [0.3, 0.4) is 0 Å². The molecule has 2 rings (SSSR count). The first-order chi connectivity index (χ1) is 9.25. The lowest BCUT2D eigenvalue weighted by Gasteiger charge is -2.21. The van der Waals surface area contributed by atoms with Crippen molar-refractivity contribution in [1.29, 1.82) is 0 Å². The van der Waals surface area contributed by atoms with Crippen molar-refractivity contribution in [3.8, 4) is 0 Å². The molecule has 2 heterocycles. The SMILES string of the molecule is O=C(CNC(=O)C1CCOCC1)NCC1CCCO1. The molecule has 0 aromatic heterocycles. The predicted octanol–water partition coefficient (Wildman–Crippen LogP) is -0.176. The van der Waals surface area contributed by atoms with Crippen molar-refractivity contribution in [2.24, 2.45) is 5.92 Å². The van der Waals surface area contributed by atoms with Crippen LogP contribution >= 0.6 is 0 Å². The molecule has 2 fully saturated rings. The van der Waals surface area contributed by atoms with Crippen molar-refractivity contribution in [3.63, 3.8) is 0 Å². The maximum atomic E-state index is 11.8. The molecule has 0 saturated carbocycles. The van der Waals surface area contributed by atoms with Crippen LogP contribution in [0.5, 0.6) is 0 Å². The van der Waals surface area contributed by atoms with Crippen LogP contribution in [0.1, 0.15) is 25.7 Å². The van der Waals surface area contributed by atoms with E-state index in [1.807, 2.05) is 0 Å². The molecule has 0 bridgehead atoms. The molecule has 108 valence electrons. The third-order valence-electron chi connectivity index (χ3n) is 3.57. The molecule has 0 aliphatic carbocycles. The highest BCUT2D eigenvalue weighted by atomic mass is 16.5. The van der Waals surface area contributed by atoms with Crippen LogP contribution in [0.4, 0.5) is 0 Å². The van der Waals surface area contributed by atoms with Gasteiger partial charge in [-0.2, -0.15) is 0 Å². The van der Waals surface area contributed by atoms with E-state index in [0.29, 0.717) is 19.8 Å². The normalized spacial score (nSPS) is 24.1. The van der Waals surface area contributed by atoms with E-state index in [4.69, 9.17) is 9.47 Å². The number of nitrogens with one attached hydrogen (secondary N) is 2. The van der Waals surface area contributed by atoms with Gasteiger partial charge >= 0.3 is 0 Å². The minimum absolute atomic E-state index is 0.0142.